The summed E-state index contributed by atoms with van der Waals surface area (Å²) in [5.41, 5.74) is 7.22. The van der Waals surface area contributed by atoms with Crippen LogP contribution in [0.2, 0.25) is 0 Å². The summed E-state index contributed by atoms with van der Waals surface area (Å²) in [4.78, 5) is 4.05. The van der Waals surface area contributed by atoms with Crippen molar-refractivity contribution >= 4 is 28.3 Å². The second-order valence-electron chi connectivity index (χ2n) is 1.84. The normalized spacial score (nSPS) is 9.56. The third-order valence-corrected chi connectivity index (χ3v) is 2.14. The van der Waals surface area contributed by atoms with Crippen LogP contribution in [0, 0.1) is 10.5 Å². The average molecular weight is 234 g/mol. The lowest BCUT2D eigenvalue weighted by molar-refractivity contribution is 1.18. The van der Waals surface area contributed by atoms with Gasteiger partial charge < -0.3 is 5.73 Å². The predicted molar refractivity (Wildman–Crippen MR) is 46.1 cm³/mol. The molecule has 1 aromatic rings. The topological polar surface area (TPSA) is 38.9 Å². The highest BCUT2D eigenvalue weighted by Crippen LogP contribution is 2.10. The molecule has 0 amide bonds. The van der Waals surface area contributed by atoms with Gasteiger partial charge in [0.1, 0.15) is 0 Å². The molecular weight excluding hydrogens is 227 g/mol. The second kappa shape index (κ2) is 2.51. The van der Waals surface area contributed by atoms with E-state index in [1.807, 2.05) is 13.0 Å². The molecular formula is C6H7IN2. The molecule has 1 heterocycles. The van der Waals surface area contributed by atoms with E-state index in [9.17, 15) is 0 Å². The van der Waals surface area contributed by atoms with E-state index in [4.69, 9.17) is 5.73 Å². The maximum atomic E-state index is 5.46. The van der Waals surface area contributed by atoms with Crippen molar-refractivity contribution < 1.29 is 0 Å². The molecule has 0 aromatic carbocycles. The first-order chi connectivity index (χ1) is 4.20. The van der Waals surface area contributed by atoms with Crippen LogP contribution >= 0.6 is 22.6 Å². The maximum Gasteiger partial charge on any atom is 0.0511 e. The molecule has 1 rings (SSSR count). The Balaban J connectivity index is 3.17. The Kier molecular flexibility index (Phi) is 1.90. The molecule has 0 aliphatic heterocycles. The van der Waals surface area contributed by atoms with Crippen molar-refractivity contribution in [1.82, 2.24) is 4.98 Å². The van der Waals surface area contributed by atoms with Crippen molar-refractivity contribution in [3.8, 4) is 0 Å². The first kappa shape index (κ1) is 6.80. The molecule has 0 bridgehead atoms. The number of nitrogens with zero attached hydrogens (tertiary/aromatic N) is 1. The van der Waals surface area contributed by atoms with Crippen LogP contribution in [0.1, 0.15) is 5.69 Å². The van der Waals surface area contributed by atoms with Crippen molar-refractivity contribution in [1.29, 1.82) is 0 Å². The maximum absolute atomic E-state index is 5.46. The summed E-state index contributed by atoms with van der Waals surface area (Å²) in [6.07, 6.45) is 1.66. The molecule has 0 saturated carbocycles. The largest absolute Gasteiger partial charge is 0.397 e. The first-order valence-electron chi connectivity index (χ1n) is 2.58. The van der Waals surface area contributed by atoms with Gasteiger partial charge in [0.15, 0.2) is 0 Å². The van der Waals surface area contributed by atoms with E-state index < -0.39 is 0 Å². The van der Waals surface area contributed by atoms with Crippen LogP contribution in [0.25, 0.3) is 0 Å². The van der Waals surface area contributed by atoms with Crippen molar-refractivity contribution in [3.05, 3.63) is 21.5 Å². The van der Waals surface area contributed by atoms with Gasteiger partial charge in [-0.25, -0.2) is 0 Å². The molecule has 0 fully saturated rings. The number of halogens is 1. The van der Waals surface area contributed by atoms with Gasteiger partial charge in [0.25, 0.3) is 0 Å². The average Bonchev–Trinajstić information content (AvgIpc) is 1.80. The minimum absolute atomic E-state index is 0.727. The Morgan fingerprint density at radius 3 is 2.78 bits per heavy atom. The molecule has 0 aliphatic rings. The van der Waals surface area contributed by atoms with E-state index in [1.54, 1.807) is 6.20 Å². The van der Waals surface area contributed by atoms with Gasteiger partial charge in [0.05, 0.1) is 17.6 Å². The Morgan fingerprint density at radius 1 is 1.67 bits per heavy atom. The van der Waals surface area contributed by atoms with Crippen molar-refractivity contribution in [2.45, 2.75) is 6.92 Å². The highest BCUT2D eigenvalue weighted by molar-refractivity contribution is 14.1. The lowest BCUT2D eigenvalue weighted by Crippen LogP contribution is -1.90. The minimum Gasteiger partial charge on any atom is -0.397 e. The zero-order valence-electron chi connectivity index (χ0n) is 5.06. The fourth-order valence-corrected chi connectivity index (χ4v) is 1.02. The smallest absolute Gasteiger partial charge is 0.0511 e. The van der Waals surface area contributed by atoms with Gasteiger partial charge in [0.2, 0.25) is 0 Å². The number of nitrogen functional groups attached to an aromatic ring is 1. The van der Waals surface area contributed by atoms with E-state index in [-0.39, 0.29) is 0 Å². The van der Waals surface area contributed by atoms with Gasteiger partial charge in [-0.3, -0.25) is 4.98 Å². The Bertz CT molecular complexity index is 222. The summed E-state index contributed by atoms with van der Waals surface area (Å²) in [6.45, 7) is 1.96. The van der Waals surface area contributed by atoms with Crippen LogP contribution in [-0.4, -0.2) is 4.98 Å². The van der Waals surface area contributed by atoms with Crippen molar-refractivity contribution in [3.63, 3.8) is 0 Å². The molecule has 0 atom stereocenters. The molecule has 9 heavy (non-hydrogen) atoms. The van der Waals surface area contributed by atoms with E-state index in [2.05, 4.69) is 27.6 Å². The second-order valence-corrected chi connectivity index (χ2v) is 3.00. The molecule has 2 nitrogen and oxygen atoms in total. The van der Waals surface area contributed by atoms with E-state index in [0.717, 1.165) is 15.0 Å². The predicted octanol–water partition coefficient (Wildman–Crippen LogP) is 1.58. The fraction of sp³-hybridized carbons (Fsp3) is 0.167. The SMILES string of the molecule is Cc1ncc(N)cc1I. The monoisotopic (exact) mass is 234 g/mol. The number of aromatic nitrogens is 1. The molecule has 48 valence electrons. The summed E-state index contributed by atoms with van der Waals surface area (Å²) >= 11 is 2.21. The minimum atomic E-state index is 0.727. The van der Waals surface area contributed by atoms with Crippen molar-refractivity contribution in [2.24, 2.45) is 0 Å². The molecule has 0 aliphatic carbocycles. The summed E-state index contributed by atoms with van der Waals surface area (Å²) < 4.78 is 1.12. The lowest BCUT2D eigenvalue weighted by atomic mass is 10.4. The Labute approximate surface area is 67.6 Å². The standard InChI is InChI=1S/C6H7IN2/c1-4-6(7)2-5(8)3-9-4/h2-3H,8H2,1H3. The summed E-state index contributed by atoms with van der Waals surface area (Å²) in [5, 5.41) is 0. The van der Waals surface area contributed by atoms with Crippen LogP contribution in [0.4, 0.5) is 5.69 Å². The van der Waals surface area contributed by atoms with Crippen LogP contribution in [-0.2, 0) is 0 Å². The van der Waals surface area contributed by atoms with Gasteiger partial charge in [0, 0.05) is 3.57 Å². The lowest BCUT2D eigenvalue weighted by Gasteiger charge is -1.95. The Morgan fingerprint density at radius 2 is 2.33 bits per heavy atom. The molecule has 0 saturated heterocycles. The third-order valence-electron chi connectivity index (χ3n) is 1.05. The van der Waals surface area contributed by atoms with E-state index in [0.29, 0.717) is 0 Å². The van der Waals surface area contributed by atoms with Gasteiger partial charge in [-0.05, 0) is 35.6 Å². The van der Waals surface area contributed by atoms with Crippen LogP contribution in [0.3, 0.4) is 0 Å². The zero-order valence-corrected chi connectivity index (χ0v) is 7.21. The van der Waals surface area contributed by atoms with Gasteiger partial charge in [-0.15, -0.1) is 0 Å². The summed E-state index contributed by atoms with van der Waals surface area (Å²) in [5.74, 6) is 0. The summed E-state index contributed by atoms with van der Waals surface area (Å²) in [6, 6.07) is 1.91. The molecule has 2 N–H and O–H groups in total. The zero-order chi connectivity index (χ0) is 6.85. The highest BCUT2D eigenvalue weighted by atomic mass is 127. The Hall–Kier alpha value is -0.320. The molecule has 1 aromatic heterocycles. The molecule has 0 radical (unpaired) electrons. The first-order valence-corrected chi connectivity index (χ1v) is 3.65. The number of anilines is 1. The number of rotatable bonds is 0. The quantitative estimate of drug-likeness (QED) is 0.692. The number of hydrogen-bond acceptors (Lipinski definition) is 2. The number of nitrogens with two attached hydrogens (primary N) is 1. The fourth-order valence-electron chi connectivity index (χ4n) is 0.521. The van der Waals surface area contributed by atoms with Gasteiger partial charge in [-0.1, -0.05) is 0 Å². The van der Waals surface area contributed by atoms with Crippen molar-refractivity contribution in [2.75, 3.05) is 5.73 Å². The third kappa shape index (κ3) is 1.54. The van der Waals surface area contributed by atoms with Crippen LogP contribution in [0.15, 0.2) is 12.3 Å². The molecule has 0 unspecified atom stereocenters. The van der Waals surface area contributed by atoms with E-state index in [1.165, 1.54) is 0 Å². The van der Waals surface area contributed by atoms with Crippen LogP contribution < -0.4 is 5.73 Å². The highest BCUT2D eigenvalue weighted by Gasteiger charge is 1.92. The molecule has 0 spiro atoms. The summed E-state index contributed by atoms with van der Waals surface area (Å²) in [7, 11) is 0. The van der Waals surface area contributed by atoms with Gasteiger partial charge in [-0.2, -0.15) is 0 Å². The number of aryl methyl sites for hydroxylation is 1. The van der Waals surface area contributed by atoms with Crippen LogP contribution in [0.5, 0.6) is 0 Å². The molecule has 3 heteroatoms. The van der Waals surface area contributed by atoms with Gasteiger partial charge >= 0.3 is 0 Å². The van der Waals surface area contributed by atoms with E-state index >= 15 is 0 Å². The number of hydrogen-bond donors (Lipinski definition) is 1. The number of pyridine rings is 1.